The number of aromatic nitrogens is 2. The van der Waals surface area contributed by atoms with Gasteiger partial charge in [-0.15, -0.1) is 0 Å². The fourth-order valence-corrected chi connectivity index (χ4v) is 5.29. The van der Waals surface area contributed by atoms with E-state index in [4.69, 9.17) is 0 Å². The van der Waals surface area contributed by atoms with Gasteiger partial charge in [-0.1, -0.05) is 42.5 Å². The molecule has 1 aliphatic rings. The molecule has 6 rings (SSSR count). The van der Waals surface area contributed by atoms with E-state index in [-0.39, 0.29) is 0 Å². The summed E-state index contributed by atoms with van der Waals surface area (Å²) in [7, 11) is 0. The molecule has 0 aliphatic carbocycles. The van der Waals surface area contributed by atoms with Gasteiger partial charge < -0.3 is 14.6 Å². The Morgan fingerprint density at radius 3 is 2.30 bits per heavy atom. The first-order valence-corrected chi connectivity index (χ1v) is 13.6. The molecule has 7 heteroatoms. The van der Waals surface area contributed by atoms with Gasteiger partial charge in [0.15, 0.2) is 0 Å². The van der Waals surface area contributed by atoms with E-state index < -0.39 is 11.7 Å². The number of nitrogens with one attached hydrogen (secondary N) is 1. The molecule has 0 radical (unpaired) electrons. The van der Waals surface area contributed by atoms with Crippen molar-refractivity contribution in [2.45, 2.75) is 6.42 Å². The molecule has 1 N–H and O–H groups in total. The van der Waals surface area contributed by atoms with Crippen molar-refractivity contribution in [3.05, 3.63) is 121 Å². The molecule has 2 aromatic carbocycles. The van der Waals surface area contributed by atoms with E-state index in [9.17, 15) is 9.59 Å². The average Bonchev–Trinajstić information content (AvgIpc) is 3.41. The van der Waals surface area contributed by atoms with Gasteiger partial charge in [-0.25, -0.2) is 0 Å². The molecule has 0 saturated carbocycles. The Balaban J connectivity index is 1.09. The Morgan fingerprint density at radius 1 is 0.800 bits per heavy atom. The van der Waals surface area contributed by atoms with E-state index in [1.165, 1.54) is 0 Å². The number of piperazine rings is 1. The molecule has 1 saturated heterocycles. The summed E-state index contributed by atoms with van der Waals surface area (Å²) < 4.78 is 1.78. The first-order valence-electron chi connectivity index (χ1n) is 13.6. The van der Waals surface area contributed by atoms with Crippen molar-refractivity contribution in [2.75, 3.05) is 42.9 Å². The molecule has 4 heterocycles. The first-order chi connectivity index (χ1) is 19.7. The van der Waals surface area contributed by atoms with Crippen molar-refractivity contribution in [3.63, 3.8) is 0 Å². The number of nitrogens with zero attached hydrogens (tertiary/aromatic N) is 4. The number of carbonyl (C=O) groups is 2. The number of hydrogen-bond donors (Lipinski definition) is 1. The molecule has 0 unspecified atom stereocenters. The van der Waals surface area contributed by atoms with Crippen LogP contribution in [0.2, 0.25) is 0 Å². The van der Waals surface area contributed by atoms with Crippen molar-refractivity contribution >= 4 is 28.6 Å². The fourth-order valence-electron chi connectivity index (χ4n) is 5.29. The summed E-state index contributed by atoms with van der Waals surface area (Å²) in [5.74, 6) is -1.23. The normalized spacial score (nSPS) is 13.8. The second-order valence-corrected chi connectivity index (χ2v) is 10.00. The minimum Gasteiger partial charge on any atom is -0.369 e. The highest BCUT2D eigenvalue weighted by molar-refractivity contribution is 6.47. The topological polar surface area (TPSA) is 70.0 Å². The van der Waals surface area contributed by atoms with Crippen LogP contribution in [-0.2, 0) is 11.2 Å². The second kappa shape index (κ2) is 11.6. The Morgan fingerprint density at radius 2 is 1.55 bits per heavy atom. The highest BCUT2D eigenvalue weighted by Gasteiger charge is 2.25. The number of hydrogen-bond acceptors (Lipinski definition) is 5. The standard InChI is InChI=1S/C33H31N5O2/c39-32(31-30(25-8-2-1-3-9-25)24-29-11-5-7-18-38(29)31)33(40)35-27-12-14-28(15-13-27)37-22-20-36(21-23-37)19-16-26-10-4-6-17-34-26/h1-15,17-18,24H,16,19-23H2,(H,35,40). The number of carbonyl (C=O) groups excluding carboxylic acids is 2. The lowest BCUT2D eigenvalue weighted by molar-refractivity contribution is -0.112. The van der Waals surface area contributed by atoms with Gasteiger partial charge in [-0.2, -0.15) is 0 Å². The van der Waals surface area contributed by atoms with Gasteiger partial charge in [-0.3, -0.25) is 19.5 Å². The summed E-state index contributed by atoms with van der Waals surface area (Å²) in [5, 5.41) is 2.81. The summed E-state index contributed by atoms with van der Waals surface area (Å²) in [4.78, 5) is 35.8. The number of rotatable bonds is 8. The maximum absolute atomic E-state index is 13.5. The van der Waals surface area contributed by atoms with Gasteiger partial charge in [0.05, 0.1) is 0 Å². The molecule has 0 spiro atoms. The third-order valence-electron chi connectivity index (χ3n) is 7.46. The van der Waals surface area contributed by atoms with Gasteiger partial charge >= 0.3 is 0 Å². The molecule has 40 heavy (non-hydrogen) atoms. The summed E-state index contributed by atoms with van der Waals surface area (Å²) >= 11 is 0. The predicted molar refractivity (Wildman–Crippen MR) is 159 cm³/mol. The van der Waals surface area contributed by atoms with Gasteiger partial charge in [0.1, 0.15) is 5.69 Å². The number of amides is 1. The van der Waals surface area contributed by atoms with E-state index in [0.717, 1.165) is 67.2 Å². The average molecular weight is 530 g/mol. The van der Waals surface area contributed by atoms with Crippen molar-refractivity contribution in [1.82, 2.24) is 14.3 Å². The summed E-state index contributed by atoms with van der Waals surface area (Å²) in [6.45, 7) is 4.88. The van der Waals surface area contributed by atoms with Gasteiger partial charge in [0.25, 0.3) is 11.7 Å². The fraction of sp³-hybridized carbons (Fsp3) is 0.182. The summed E-state index contributed by atoms with van der Waals surface area (Å²) in [5.41, 5.74) is 5.68. The lowest BCUT2D eigenvalue weighted by atomic mass is 10.0. The molecular weight excluding hydrogens is 498 g/mol. The van der Waals surface area contributed by atoms with E-state index in [1.807, 2.05) is 103 Å². The zero-order valence-corrected chi connectivity index (χ0v) is 22.2. The van der Waals surface area contributed by atoms with Gasteiger partial charge in [0, 0.05) is 79.7 Å². The number of ketones is 1. The van der Waals surface area contributed by atoms with Crippen LogP contribution in [-0.4, -0.2) is 58.7 Å². The minimum absolute atomic E-state index is 0.358. The zero-order chi connectivity index (χ0) is 27.3. The maximum Gasteiger partial charge on any atom is 0.298 e. The van der Waals surface area contributed by atoms with Crippen LogP contribution in [0.15, 0.2) is 109 Å². The quantitative estimate of drug-likeness (QED) is 0.221. The molecule has 0 atom stereocenters. The Bertz CT molecular complexity index is 1610. The Labute approximate surface area is 233 Å². The monoisotopic (exact) mass is 529 g/mol. The molecule has 7 nitrogen and oxygen atoms in total. The first kappa shape index (κ1) is 25.5. The van der Waals surface area contributed by atoms with Gasteiger partial charge in [0.2, 0.25) is 0 Å². The number of pyridine rings is 2. The Hall–Kier alpha value is -4.75. The second-order valence-electron chi connectivity index (χ2n) is 10.00. The molecule has 5 aromatic rings. The van der Waals surface area contributed by atoms with Crippen molar-refractivity contribution < 1.29 is 9.59 Å². The third kappa shape index (κ3) is 5.51. The smallest absolute Gasteiger partial charge is 0.298 e. The van der Waals surface area contributed by atoms with E-state index in [2.05, 4.69) is 26.2 Å². The van der Waals surface area contributed by atoms with Crippen LogP contribution in [0.3, 0.4) is 0 Å². The van der Waals surface area contributed by atoms with Gasteiger partial charge in [-0.05, 0) is 60.2 Å². The SMILES string of the molecule is O=C(Nc1ccc(N2CCN(CCc3ccccn3)CC2)cc1)C(=O)c1c(-c2ccccc2)cc2ccccn12. The van der Waals surface area contributed by atoms with Crippen molar-refractivity contribution in [2.24, 2.45) is 0 Å². The van der Waals surface area contributed by atoms with Crippen LogP contribution in [0.1, 0.15) is 16.2 Å². The molecule has 1 aliphatic heterocycles. The number of Topliss-reactive ketones (excluding diaryl/α,β-unsaturated/α-hetero) is 1. The molecule has 200 valence electrons. The lowest BCUT2D eigenvalue weighted by Crippen LogP contribution is -2.47. The van der Waals surface area contributed by atoms with Crippen LogP contribution in [0.4, 0.5) is 11.4 Å². The van der Waals surface area contributed by atoms with Crippen LogP contribution in [0.25, 0.3) is 16.6 Å². The molecule has 1 amide bonds. The van der Waals surface area contributed by atoms with E-state index >= 15 is 0 Å². The van der Waals surface area contributed by atoms with Crippen LogP contribution >= 0.6 is 0 Å². The van der Waals surface area contributed by atoms with Crippen molar-refractivity contribution in [1.29, 1.82) is 0 Å². The summed E-state index contributed by atoms with van der Waals surface area (Å²) in [6.07, 6.45) is 4.62. The molecule has 1 fully saturated rings. The highest BCUT2D eigenvalue weighted by atomic mass is 16.2. The largest absolute Gasteiger partial charge is 0.369 e. The molecular formula is C33H31N5O2. The van der Waals surface area contributed by atoms with Crippen molar-refractivity contribution in [3.8, 4) is 11.1 Å². The lowest BCUT2D eigenvalue weighted by Gasteiger charge is -2.36. The number of benzene rings is 2. The van der Waals surface area contributed by atoms with Crippen LogP contribution in [0.5, 0.6) is 0 Å². The number of fused-ring (bicyclic) bond motifs is 1. The maximum atomic E-state index is 13.5. The van der Waals surface area contributed by atoms with Crippen LogP contribution < -0.4 is 10.2 Å². The number of anilines is 2. The molecule has 3 aromatic heterocycles. The summed E-state index contributed by atoms with van der Waals surface area (Å²) in [6, 6.07) is 31.1. The molecule has 0 bridgehead atoms. The zero-order valence-electron chi connectivity index (χ0n) is 22.2. The third-order valence-corrected chi connectivity index (χ3v) is 7.46. The van der Waals surface area contributed by atoms with E-state index in [0.29, 0.717) is 11.4 Å². The Kier molecular flexibility index (Phi) is 7.37. The minimum atomic E-state index is -0.657. The highest BCUT2D eigenvalue weighted by Crippen LogP contribution is 2.28. The predicted octanol–water partition coefficient (Wildman–Crippen LogP) is 5.19. The van der Waals surface area contributed by atoms with Crippen LogP contribution in [0, 0.1) is 0 Å². The van der Waals surface area contributed by atoms with E-state index in [1.54, 1.807) is 4.40 Å².